The van der Waals surface area contributed by atoms with E-state index in [-0.39, 0.29) is 0 Å². The molecular weight excluding hydrogens is 226 g/mol. The number of nitrogens with zero attached hydrogens (tertiary/aromatic N) is 4. The van der Waals surface area contributed by atoms with Crippen LogP contribution in [0.2, 0.25) is 0 Å². The fraction of sp³-hybridized carbons (Fsp3) is 0.615. The minimum atomic E-state index is 0.638. The summed E-state index contributed by atoms with van der Waals surface area (Å²) in [6, 6.07) is 4.00. The number of rotatable bonds is 4. The van der Waals surface area contributed by atoms with Crippen LogP contribution in [-0.2, 0) is 0 Å². The number of likely N-dealkylation sites (N-methyl/N-ethyl adjacent to an activating group) is 1. The Kier molecular flexibility index (Phi) is 4.38. The highest BCUT2D eigenvalue weighted by Gasteiger charge is 2.18. The molecule has 1 aliphatic rings. The quantitative estimate of drug-likeness (QED) is 0.834. The molecule has 0 amide bonds. The summed E-state index contributed by atoms with van der Waals surface area (Å²) in [7, 11) is 4.24. The number of nitrogen functional groups attached to an aromatic ring is 1. The first-order valence-corrected chi connectivity index (χ1v) is 6.49. The van der Waals surface area contributed by atoms with Gasteiger partial charge in [0.2, 0.25) is 0 Å². The molecule has 0 spiro atoms. The van der Waals surface area contributed by atoms with E-state index in [0.29, 0.717) is 5.82 Å². The van der Waals surface area contributed by atoms with Crippen molar-refractivity contribution in [3.05, 3.63) is 18.3 Å². The molecule has 0 atom stereocenters. The molecule has 1 aliphatic heterocycles. The summed E-state index contributed by atoms with van der Waals surface area (Å²) in [6.07, 6.45) is 1.74. The van der Waals surface area contributed by atoms with Crippen LogP contribution in [0.25, 0.3) is 0 Å². The zero-order valence-corrected chi connectivity index (χ0v) is 11.3. The Bertz CT molecular complexity index is 371. The lowest BCUT2D eigenvalue weighted by Gasteiger charge is -2.36. The smallest absolute Gasteiger partial charge is 0.146 e. The first-order valence-electron chi connectivity index (χ1n) is 6.49. The van der Waals surface area contributed by atoms with Crippen LogP contribution in [0.4, 0.5) is 11.5 Å². The van der Waals surface area contributed by atoms with E-state index in [9.17, 15) is 0 Å². The van der Waals surface area contributed by atoms with Gasteiger partial charge in [0.05, 0.1) is 5.69 Å². The molecule has 2 heterocycles. The Balaban J connectivity index is 1.85. The Labute approximate surface area is 109 Å². The molecule has 5 nitrogen and oxygen atoms in total. The number of anilines is 2. The van der Waals surface area contributed by atoms with E-state index in [1.807, 2.05) is 6.07 Å². The number of pyridine rings is 1. The number of aromatic nitrogens is 1. The van der Waals surface area contributed by atoms with Gasteiger partial charge in [-0.1, -0.05) is 0 Å². The maximum atomic E-state index is 5.91. The normalized spacial score (nSPS) is 17.4. The van der Waals surface area contributed by atoms with Gasteiger partial charge in [-0.3, -0.25) is 4.90 Å². The summed E-state index contributed by atoms with van der Waals surface area (Å²) in [5.41, 5.74) is 6.99. The lowest BCUT2D eigenvalue weighted by Crippen LogP contribution is -2.48. The molecule has 1 aromatic rings. The largest absolute Gasteiger partial charge is 0.382 e. The average molecular weight is 249 g/mol. The van der Waals surface area contributed by atoms with Crippen molar-refractivity contribution in [1.29, 1.82) is 0 Å². The summed E-state index contributed by atoms with van der Waals surface area (Å²) in [4.78, 5) is 11.2. The monoisotopic (exact) mass is 249 g/mol. The van der Waals surface area contributed by atoms with Gasteiger partial charge in [-0.05, 0) is 26.2 Å². The zero-order chi connectivity index (χ0) is 13.0. The number of nitrogens with two attached hydrogens (primary N) is 1. The van der Waals surface area contributed by atoms with E-state index in [1.165, 1.54) is 0 Å². The SMILES string of the molecule is CN(C)CCN1CCN(c2cccnc2N)CC1. The second-order valence-corrected chi connectivity index (χ2v) is 5.04. The van der Waals surface area contributed by atoms with E-state index in [4.69, 9.17) is 5.73 Å². The van der Waals surface area contributed by atoms with Crippen LogP contribution in [0, 0.1) is 0 Å². The molecule has 0 unspecified atom stereocenters. The predicted molar refractivity (Wildman–Crippen MR) is 75.9 cm³/mol. The average Bonchev–Trinajstić information content (AvgIpc) is 2.38. The second kappa shape index (κ2) is 6.02. The molecule has 0 radical (unpaired) electrons. The van der Waals surface area contributed by atoms with Crippen LogP contribution in [-0.4, -0.2) is 68.1 Å². The lowest BCUT2D eigenvalue weighted by molar-refractivity contribution is 0.229. The minimum Gasteiger partial charge on any atom is -0.382 e. The van der Waals surface area contributed by atoms with Gasteiger partial charge in [0.15, 0.2) is 0 Å². The molecule has 0 aliphatic carbocycles. The standard InChI is InChI=1S/C13H23N5/c1-16(2)6-7-17-8-10-18(11-9-17)12-4-3-5-15-13(12)14/h3-5H,6-11H2,1-2H3,(H2,14,15). The molecule has 0 aromatic carbocycles. The molecular formula is C13H23N5. The van der Waals surface area contributed by atoms with E-state index >= 15 is 0 Å². The Morgan fingerprint density at radius 1 is 1.28 bits per heavy atom. The van der Waals surface area contributed by atoms with Gasteiger partial charge in [-0.2, -0.15) is 0 Å². The number of hydrogen-bond donors (Lipinski definition) is 1. The first kappa shape index (κ1) is 13.1. The summed E-state index contributed by atoms with van der Waals surface area (Å²) in [5.74, 6) is 0.638. The molecule has 5 heteroatoms. The van der Waals surface area contributed by atoms with Gasteiger partial charge in [0.25, 0.3) is 0 Å². The molecule has 2 rings (SSSR count). The third kappa shape index (κ3) is 3.34. The van der Waals surface area contributed by atoms with Crippen molar-refractivity contribution in [2.45, 2.75) is 0 Å². The summed E-state index contributed by atoms with van der Waals surface area (Å²) in [5, 5.41) is 0. The van der Waals surface area contributed by atoms with Crippen LogP contribution in [0.3, 0.4) is 0 Å². The van der Waals surface area contributed by atoms with Crippen molar-refractivity contribution in [3.63, 3.8) is 0 Å². The number of hydrogen-bond acceptors (Lipinski definition) is 5. The summed E-state index contributed by atoms with van der Waals surface area (Å²) in [6.45, 7) is 6.52. The fourth-order valence-electron chi connectivity index (χ4n) is 2.23. The Morgan fingerprint density at radius 2 is 2.00 bits per heavy atom. The van der Waals surface area contributed by atoms with Gasteiger partial charge in [-0.15, -0.1) is 0 Å². The van der Waals surface area contributed by atoms with Crippen molar-refractivity contribution >= 4 is 11.5 Å². The maximum absolute atomic E-state index is 5.91. The summed E-state index contributed by atoms with van der Waals surface area (Å²) < 4.78 is 0. The molecule has 0 bridgehead atoms. The Morgan fingerprint density at radius 3 is 2.61 bits per heavy atom. The predicted octanol–water partition coefficient (Wildman–Crippen LogP) is 0.347. The van der Waals surface area contributed by atoms with Gasteiger partial charge in [0.1, 0.15) is 5.82 Å². The Hall–Kier alpha value is -1.33. The highest BCUT2D eigenvalue weighted by atomic mass is 15.3. The maximum Gasteiger partial charge on any atom is 0.146 e. The minimum absolute atomic E-state index is 0.638. The molecule has 100 valence electrons. The molecule has 2 N–H and O–H groups in total. The van der Waals surface area contributed by atoms with Gasteiger partial charge in [0, 0.05) is 45.5 Å². The topological polar surface area (TPSA) is 48.6 Å². The van der Waals surface area contributed by atoms with Crippen LogP contribution in [0.15, 0.2) is 18.3 Å². The summed E-state index contributed by atoms with van der Waals surface area (Å²) >= 11 is 0. The molecule has 1 aromatic heterocycles. The van der Waals surface area contributed by atoms with E-state index in [0.717, 1.165) is 45.0 Å². The molecule has 1 fully saturated rings. The third-order valence-electron chi connectivity index (χ3n) is 3.39. The first-order chi connectivity index (χ1) is 8.66. The van der Waals surface area contributed by atoms with E-state index in [2.05, 4.69) is 39.8 Å². The van der Waals surface area contributed by atoms with Crippen LogP contribution >= 0.6 is 0 Å². The van der Waals surface area contributed by atoms with Crippen LogP contribution < -0.4 is 10.6 Å². The highest BCUT2D eigenvalue weighted by molar-refractivity contribution is 5.63. The van der Waals surface area contributed by atoms with Gasteiger partial charge >= 0.3 is 0 Å². The lowest BCUT2D eigenvalue weighted by atomic mass is 10.2. The van der Waals surface area contributed by atoms with Crippen LogP contribution in [0.5, 0.6) is 0 Å². The molecule has 18 heavy (non-hydrogen) atoms. The zero-order valence-electron chi connectivity index (χ0n) is 11.3. The van der Waals surface area contributed by atoms with Gasteiger partial charge < -0.3 is 15.5 Å². The fourth-order valence-corrected chi connectivity index (χ4v) is 2.23. The van der Waals surface area contributed by atoms with Crippen molar-refractivity contribution in [1.82, 2.24) is 14.8 Å². The van der Waals surface area contributed by atoms with E-state index < -0.39 is 0 Å². The third-order valence-corrected chi connectivity index (χ3v) is 3.39. The van der Waals surface area contributed by atoms with Crippen molar-refractivity contribution in [2.24, 2.45) is 0 Å². The number of piperazine rings is 1. The van der Waals surface area contributed by atoms with Crippen LogP contribution in [0.1, 0.15) is 0 Å². The van der Waals surface area contributed by atoms with Gasteiger partial charge in [-0.25, -0.2) is 4.98 Å². The molecule has 0 saturated carbocycles. The van der Waals surface area contributed by atoms with Crippen molar-refractivity contribution in [3.8, 4) is 0 Å². The van der Waals surface area contributed by atoms with E-state index in [1.54, 1.807) is 6.20 Å². The molecule has 1 saturated heterocycles. The van der Waals surface area contributed by atoms with Crippen molar-refractivity contribution < 1.29 is 0 Å². The highest BCUT2D eigenvalue weighted by Crippen LogP contribution is 2.21. The second-order valence-electron chi connectivity index (χ2n) is 5.04. The van der Waals surface area contributed by atoms with Crippen molar-refractivity contribution in [2.75, 3.05) is 64.0 Å².